The number of carboxylic acid groups (broad SMARTS) is 1. The van der Waals surface area contributed by atoms with Crippen molar-refractivity contribution in [3.63, 3.8) is 0 Å². The Morgan fingerprint density at radius 3 is 2.65 bits per heavy atom. The number of carboxylic acids is 1. The first kappa shape index (κ1) is 13.4. The van der Waals surface area contributed by atoms with E-state index < -0.39 is 23.9 Å². The van der Waals surface area contributed by atoms with Gasteiger partial charge in [0.1, 0.15) is 17.6 Å². The summed E-state index contributed by atoms with van der Waals surface area (Å²) in [5.41, 5.74) is 0.336. The van der Waals surface area contributed by atoms with Crippen LogP contribution >= 0.6 is 0 Å². The summed E-state index contributed by atoms with van der Waals surface area (Å²) in [4.78, 5) is 10.7. The molecule has 0 saturated carbocycles. The van der Waals surface area contributed by atoms with E-state index in [1.807, 2.05) is 0 Å². The molecule has 2 N–H and O–H groups in total. The van der Waals surface area contributed by atoms with Crippen molar-refractivity contribution in [3.05, 3.63) is 29.6 Å². The topological polar surface area (TPSA) is 58.6 Å². The maximum atomic E-state index is 13.7. The molecule has 0 saturated heterocycles. The number of halogens is 1. The summed E-state index contributed by atoms with van der Waals surface area (Å²) in [5, 5.41) is 11.6. The van der Waals surface area contributed by atoms with Crippen LogP contribution in [0.15, 0.2) is 18.2 Å². The normalized spacial score (nSPS) is 14.1. The average Bonchev–Trinajstić information content (AvgIpc) is 2.27. The second-order valence-corrected chi connectivity index (χ2v) is 3.80. The highest BCUT2D eigenvalue weighted by molar-refractivity contribution is 5.72. The molecule has 0 aliphatic rings. The zero-order chi connectivity index (χ0) is 13.0. The smallest absolute Gasteiger partial charge is 0.320 e. The molecule has 94 valence electrons. The van der Waals surface area contributed by atoms with Gasteiger partial charge in [-0.05, 0) is 26.0 Å². The lowest BCUT2D eigenvalue weighted by atomic mass is 10.1. The van der Waals surface area contributed by atoms with Crippen LogP contribution in [-0.2, 0) is 4.79 Å². The molecule has 0 aromatic heterocycles. The lowest BCUT2D eigenvalue weighted by Gasteiger charge is -2.20. The molecular weight excluding hydrogens is 225 g/mol. The molecule has 0 aliphatic heterocycles. The van der Waals surface area contributed by atoms with Gasteiger partial charge in [0, 0.05) is 11.6 Å². The fourth-order valence-corrected chi connectivity index (χ4v) is 1.65. The minimum Gasteiger partial charge on any atom is -0.496 e. The van der Waals surface area contributed by atoms with Crippen LogP contribution in [0.1, 0.15) is 25.5 Å². The molecular formula is C12H16FNO3. The number of methoxy groups -OCH3 is 1. The van der Waals surface area contributed by atoms with Crippen molar-refractivity contribution in [1.29, 1.82) is 0 Å². The molecule has 2 atom stereocenters. The van der Waals surface area contributed by atoms with E-state index in [1.165, 1.54) is 20.1 Å². The van der Waals surface area contributed by atoms with Crippen LogP contribution in [0.4, 0.5) is 4.39 Å². The third-order valence-corrected chi connectivity index (χ3v) is 2.54. The van der Waals surface area contributed by atoms with Crippen LogP contribution in [0.2, 0.25) is 0 Å². The van der Waals surface area contributed by atoms with Crippen LogP contribution in [0.5, 0.6) is 5.75 Å². The van der Waals surface area contributed by atoms with Gasteiger partial charge < -0.3 is 9.84 Å². The van der Waals surface area contributed by atoms with E-state index in [1.54, 1.807) is 19.1 Å². The minimum absolute atomic E-state index is 0.336. The van der Waals surface area contributed by atoms with E-state index in [-0.39, 0.29) is 0 Å². The molecule has 4 nitrogen and oxygen atoms in total. The van der Waals surface area contributed by atoms with Crippen molar-refractivity contribution in [3.8, 4) is 5.75 Å². The second kappa shape index (κ2) is 5.63. The molecule has 1 aromatic carbocycles. The molecule has 0 aliphatic carbocycles. The maximum absolute atomic E-state index is 13.7. The van der Waals surface area contributed by atoms with Crippen molar-refractivity contribution in [2.45, 2.75) is 25.9 Å². The van der Waals surface area contributed by atoms with Gasteiger partial charge in [-0.3, -0.25) is 10.1 Å². The summed E-state index contributed by atoms with van der Waals surface area (Å²) in [6, 6.07) is 3.31. The summed E-state index contributed by atoms with van der Waals surface area (Å²) in [5.74, 6) is -0.989. The summed E-state index contributed by atoms with van der Waals surface area (Å²) in [6.45, 7) is 3.20. The summed E-state index contributed by atoms with van der Waals surface area (Å²) < 4.78 is 18.7. The Morgan fingerprint density at radius 1 is 1.47 bits per heavy atom. The molecule has 5 heteroatoms. The highest BCUT2D eigenvalue weighted by Gasteiger charge is 2.20. The number of hydrogen-bond acceptors (Lipinski definition) is 3. The molecule has 2 unspecified atom stereocenters. The molecule has 0 amide bonds. The molecule has 0 heterocycles. The molecule has 0 radical (unpaired) electrons. The highest BCUT2D eigenvalue weighted by Crippen LogP contribution is 2.27. The average molecular weight is 241 g/mol. The predicted octanol–water partition coefficient (Wildman–Crippen LogP) is 1.96. The largest absolute Gasteiger partial charge is 0.496 e. The summed E-state index contributed by atoms with van der Waals surface area (Å²) in [7, 11) is 1.45. The van der Waals surface area contributed by atoms with Crippen molar-refractivity contribution in [1.82, 2.24) is 5.32 Å². The molecule has 1 aromatic rings. The minimum atomic E-state index is -0.979. The van der Waals surface area contributed by atoms with E-state index in [0.29, 0.717) is 11.3 Å². The number of rotatable bonds is 5. The first-order valence-corrected chi connectivity index (χ1v) is 5.28. The van der Waals surface area contributed by atoms with Gasteiger partial charge in [-0.1, -0.05) is 6.07 Å². The van der Waals surface area contributed by atoms with Crippen molar-refractivity contribution in [2.75, 3.05) is 7.11 Å². The van der Waals surface area contributed by atoms with Crippen molar-refractivity contribution < 1.29 is 19.0 Å². The van der Waals surface area contributed by atoms with Gasteiger partial charge in [0.05, 0.1) is 7.11 Å². The van der Waals surface area contributed by atoms with Gasteiger partial charge >= 0.3 is 5.97 Å². The van der Waals surface area contributed by atoms with E-state index in [9.17, 15) is 9.18 Å². The SMILES string of the molecule is COc1cccc(F)c1C(C)NC(C)C(=O)O. The Bertz CT molecular complexity index is 409. The van der Waals surface area contributed by atoms with Gasteiger partial charge in [-0.25, -0.2) is 4.39 Å². The standard InChI is InChI=1S/C12H16FNO3/c1-7(14-8(2)12(15)16)11-9(13)5-4-6-10(11)17-3/h4-8,14H,1-3H3,(H,15,16). The highest BCUT2D eigenvalue weighted by atomic mass is 19.1. The molecule has 0 fully saturated rings. The van der Waals surface area contributed by atoms with Crippen LogP contribution in [0.3, 0.4) is 0 Å². The Morgan fingerprint density at radius 2 is 2.12 bits per heavy atom. The zero-order valence-electron chi connectivity index (χ0n) is 10.0. The Balaban J connectivity index is 2.95. The fraction of sp³-hybridized carbons (Fsp3) is 0.417. The lowest BCUT2D eigenvalue weighted by molar-refractivity contribution is -0.139. The number of benzene rings is 1. The van der Waals surface area contributed by atoms with Gasteiger partial charge in [0.25, 0.3) is 0 Å². The van der Waals surface area contributed by atoms with Gasteiger partial charge in [-0.15, -0.1) is 0 Å². The first-order chi connectivity index (χ1) is 7.97. The molecule has 0 spiro atoms. The Labute approximate surface area is 99.4 Å². The van der Waals surface area contributed by atoms with Crippen molar-refractivity contribution in [2.24, 2.45) is 0 Å². The lowest BCUT2D eigenvalue weighted by Crippen LogP contribution is -2.36. The monoisotopic (exact) mass is 241 g/mol. The van der Waals surface area contributed by atoms with E-state index in [2.05, 4.69) is 5.32 Å². The number of aliphatic carboxylic acids is 1. The molecule has 0 bridgehead atoms. The third kappa shape index (κ3) is 3.17. The molecule has 1 rings (SSSR count). The van der Waals surface area contributed by atoms with Crippen LogP contribution in [0, 0.1) is 5.82 Å². The zero-order valence-corrected chi connectivity index (χ0v) is 10.0. The van der Waals surface area contributed by atoms with E-state index in [4.69, 9.17) is 9.84 Å². The molecule has 17 heavy (non-hydrogen) atoms. The first-order valence-electron chi connectivity index (χ1n) is 5.28. The van der Waals surface area contributed by atoms with E-state index >= 15 is 0 Å². The fourth-order valence-electron chi connectivity index (χ4n) is 1.65. The number of nitrogens with one attached hydrogen (secondary N) is 1. The Kier molecular flexibility index (Phi) is 4.45. The number of ether oxygens (including phenoxy) is 1. The van der Waals surface area contributed by atoms with Crippen molar-refractivity contribution >= 4 is 5.97 Å². The van der Waals surface area contributed by atoms with Crippen LogP contribution in [-0.4, -0.2) is 24.2 Å². The Hall–Kier alpha value is -1.62. The van der Waals surface area contributed by atoms with Gasteiger partial charge in [-0.2, -0.15) is 0 Å². The third-order valence-electron chi connectivity index (χ3n) is 2.54. The second-order valence-electron chi connectivity index (χ2n) is 3.80. The predicted molar refractivity (Wildman–Crippen MR) is 61.6 cm³/mol. The summed E-state index contributed by atoms with van der Waals surface area (Å²) >= 11 is 0. The quantitative estimate of drug-likeness (QED) is 0.827. The maximum Gasteiger partial charge on any atom is 0.320 e. The van der Waals surface area contributed by atoms with Crippen LogP contribution < -0.4 is 10.1 Å². The van der Waals surface area contributed by atoms with Gasteiger partial charge in [0.15, 0.2) is 0 Å². The summed E-state index contributed by atoms with van der Waals surface area (Å²) in [6.07, 6.45) is 0. The van der Waals surface area contributed by atoms with Gasteiger partial charge in [0.2, 0.25) is 0 Å². The van der Waals surface area contributed by atoms with E-state index in [0.717, 1.165) is 0 Å². The number of hydrogen-bond donors (Lipinski definition) is 2. The number of carbonyl (C=O) groups is 1. The van der Waals surface area contributed by atoms with Crippen LogP contribution in [0.25, 0.3) is 0 Å².